The fourth-order valence-corrected chi connectivity index (χ4v) is 4.58. The van der Waals surface area contributed by atoms with Crippen molar-refractivity contribution in [3.63, 3.8) is 0 Å². The molecule has 176 valence electrons. The lowest BCUT2D eigenvalue weighted by Crippen LogP contribution is -2.58. The van der Waals surface area contributed by atoms with Gasteiger partial charge in [0.05, 0.1) is 15.7 Å². The average Bonchev–Trinajstić information content (AvgIpc) is 3.15. The van der Waals surface area contributed by atoms with E-state index in [0.29, 0.717) is 0 Å². The zero-order chi connectivity index (χ0) is 27.4. The van der Waals surface area contributed by atoms with Crippen molar-refractivity contribution in [1.29, 1.82) is 0 Å². The SMILES string of the molecule is [B]c1c([B])c(C([B])([B])NC(=O)C(F)(F)c2ccc(Cl)cc2)c([B])c2c1C(=O)N(C1CCC(=O)NC1=O)C2. The summed E-state index contributed by atoms with van der Waals surface area (Å²) in [5.74, 6) is -7.76. The molecule has 2 aliphatic rings. The summed E-state index contributed by atoms with van der Waals surface area (Å²) in [6, 6.07) is 3.29. The fourth-order valence-electron chi connectivity index (χ4n) is 4.45. The first kappa shape index (κ1) is 27.0. The van der Waals surface area contributed by atoms with Gasteiger partial charge in [0.1, 0.15) is 29.6 Å². The fraction of sp³-hybridized carbons (Fsp3) is 0.273. The van der Waals surface area contributed by atoms with E-state index in [1.54, 1.807) is 0 Å². The van der Waals surface area contributed by atoms with Crippen molar-refractivity contribution in [2.75, 3.05) is 0 Å². The van der Waals surface area contributed by atoms with Crippen molar-refractivity contribution in [1.82, 2.24) is 15.5 Å². The molecule has 2 aromatic rings. The first-order valence-corrected chi connectivity index (χ1v) is 11.2. The summed E-state index contributed by atoms with van der Waals surface area (Å²) in [6.45, 7) is -0.227. The van der Waals surface area contributed by atoms with Crippen LogP contribution in [0.5, 0.6) is 0 Å². The van der Waals surface area contributed by atoms with E-state index in [2.05, 4.69) is 5.32 Å². The number of fused-ring (bicyclic) bond motifs is 1. The lowest BCUT2D eigenvalue weighted by atomic mass is 9.51. The lowest BCUT2D eigenvalue weighted by molar-refractivity contribution is -0.147. The number of carbonyl (C=O) groups excluding carboxylic acids is 4. The molecule has 2 N–H and O–H groups in total. The highest BCUT2D eigenvalue weighted by molar-refractivity contribution is 6.56. The molecule has 2 aliphatic heterocycles. The number of imide groups is 1. The van der Waals surface area contributed by atoms with E-state index >= 15 is 0 Å². The standard InChI is InChI=1S/C22H13B5ClF2N3O4/c23-15-10-7-33(11-5-6-12(34)31-18(11)35)19(36)13(10)16(24)17(25)14(15)22(26,27)32-20(37)21(29,30)8-1-3-9(28)4-2-8/h1-4,11H,5-7H2,(H,32,37)(H,31,34,35). The molecule has 1 unspecified atom stereocenters. The maximum Gasteiger partial charge on any atom is 0.349 e. The van der Waals surface area contributed by atoms with Crippen molar-refractivity contribution < 1.29 is 28.0 Å². The van der Waals surface area contributed by atoms with Gasteiger partial charge in [0.25, 0.3) is 11.8 Å². The van der Waals surface area contributed by atoms with Crippen LogP contribution in [0.25, 0.3) is 0 Å². The molecule has 1 saturated heterocycles. The summed E-state index contributed by atoms with van der Waals surface area (Å²) in [4.78, 5) is 50.7. The summed E-state index contributed by atoms with van der Waals surface area (Å²) in [7, 11) is 30.5. The van der Waals surface area contributed by atoms with Crippen LogP contribution < -0.4 is 27.0 Å². The third-order valence-electron chi connectivity index (χ3n) is 6.34. The second-order valence-corrected chi connectivity index (χ2v) is 9.21. The normalized spacial score (nSPS) is 18.0. The van der Waals surface area contributed by atoms with Crippen LogP contribution in [-0.2, 0) is 32.2 Å². The number of rotatable bonds is 5. The van der Waals surface area contributed by atoms with Gasteiger partial charge in [0.15, 0.2) is 0 Å². The molecule has 2 aromatic carbocycles. The minimum atomic E-state index is -4.07. The molecule has 7 nitrogen and oxygen atoms in total. The first-order chi connectivity index (χ1) is 17.2. The average molecular weight is 511 g/mol. The van der Waals surface area contributed by atoms with Crippen molar-refractivity contribution in [3.05, 3.63) is 51.5 Å². The first-order valence-electron chi connectivity index (χ1n) is 10.9. The van der Waals surface area contributed by atoms with E-state index in [1.165, 1.54) is 12.1 Å². The predicted molar refractivity (Wildman–Crippen MR) is 135 cm³/mol. The van der Waals surface area contributed by atoms with Crippen molar-refractivity contribution >= 4 is 90.8 Å². The minimum absolute atomic E-state index is 0.0114. The van der Waals surface area contributed by atoms with Crippen molar-refractivity contribution in [2.24, 2.45) is 0 Å². The Labute approximate surface area is 222 Å². The lowest BCUT2D eigenvalue weighted by Gasteiger charge is -2.35. The highest BCUT2D eigenvalue weighted by atomic mass is 35.5. The topological polar surface area (TPSA) is 95.6 Å². The van der Waals surface area contributed by atoms with Gasteiger partial charge in [0, 0.05) is 29.1 Å². The number of alkyl halides is 2. The maximum atomic E-state index is 14.8. The zero-order valence-electron chi connectivity index (χ0n) is 19.1. The number of nitrogens with one attached hydrogen (secondary N) is 2. The number of hydrogen-bond acceptors (Lipinski definition) is 4. The monoisotopic (exact) mass is 511 g/mol. The Hall–Kier alpha value is -3.01. The Bertz CT molecular complexity index is 1360. The van der Waals surface area contributed by atoms with Crippen LogP contribution in [0.4, 0.5) is 8.78 Å². The highest BCUT2D eigenvalue weighted by Crippen LogP contribution is 2.31. The van der Waals surface area contributed by atoms with Crippen LogP contribution in [0.3, 0.4) is 0 Å². The van der Waals surface area contributed by atoms with Crippen LogP contribution in [0.15, 0.2) is 24.3 Å². The number of hydrogen-bond donors (Lipinski definition) is 2. The zero-order valence-corrected chi connectivity index (χ0v) is 19.9. The van der Waals surface area contributed by atoms with E-state index < -0.39 is 52.0 Å². The smallest absolute Gasteiger partial charge is 0.349 e. The molecule has 1 atom stereocenters. The predicted octanol–water partition coefficient (Wildman–Crippen LogP) is -2.16. The van der Waals surface area contributed by atoms with Crippen molar-refractivity contribution in [2.45, 2.75) is 36.7 Å². The molecular formula is C22H13B5ClF2N3O4. The van der Waals surface area contributed by atoms with Gasteiger partial charge in [-0.3, -0.25) is 24.5 Å². The number of carbonyl (C=O) groups is 4. The van der Waals surface area contributed by atoms with E-state index in [0.717, 1.165) is 17.0 Å². The van der Waals surface area contributed by atoms with Gasteiger partial charge in [-0.15, -0.1) is 0 Å². The molecule has 0 spiro atoms. The molecule has 4 amide bonds. The summed E-state index contributed by atoms with van der Waals surface area (Å²) < 4.78 is 29.7. The molecule has 1 fully saturated rings. The molecule has 2 heterocycles. The van der Waals surface area contributed by atoms with E-state index in [4.69, 9.17) is 50.8 Å². The molecule has 0 bridgehead atoms. The third kappa shape index (κ3) is 4.60. The molecule has 15 heteroatoms. The van der Waals surface area contributed by atoms with Gasteiger partial charge in [-0.2, -0.15) is 8.78 Å². The van der Waals surface area contributed by atoms with Gasteiger partial charge in [-0.25, -0.2) is 0 Å². The largest absolute Gasteiger partial charge is 0.358 e. The summed E-state index contributed by atoms with van der Waals surface area (Å²) in [5, 5.41) is 1.64. The molecule has 0 aliphatic carbocycles. The van der Waals surface area contributed by atoms with Crippen LogP contribution in [0.1, 0.15) is 39.9 Å². The Kier molecular flexibility index (Phi) is 6.86. The number of amides is 4. The van der Waals surface area contributed by atoms with Gasteiger partial charge < -0.3 is 10.2 Å². The van der Waals surface area contributed by atoms with E-state index in [-0.39, 0.29) is 52.0 Å². The molecule has 0 aromatic heterocycles. The third-order valence-corrected chi connectivity index (χ3v) is 6.59. The Morgan fingerprint density at radius 3 is 2.27 bits per heavy atom. The van der Waals surface area contributed by atoms with Crippen LogP contribution in [-0.4, -0.2) is 73.8 Å². The highest BCUT2D eigenvalue weighted by Gasteiger charge is 2.45. The van der Waals surface area contributed by atoms with E-state index in [1.807, 2.05) is 5.32 Å². The van der Waals surface area contributed by atoms with Crippen LogP contribution in [0, 0.1) is 0 Å². The minimum Gasteiger partial charge on any atom is -0.358 e. The van der Waals surface area contributed by atoms with Gasteiger partial charge in [-0.05, 0) is 29.5 Å². The second-order valence-electron chi connectivity index (χ2n) is 8.77. The number of benzene rings is 2. The van der Waals surface area contributed by atoms with Crippen molar-refractivity contribution in [3.8, 4) is 0 Å². The number of halogens is 3. The van der Waals surface area contributed by atoms with Crippen LogP contribution in [0.2, 0.25) is 5.02 Å². The molecule has 37 heavy (non-hydrogen) atoms. The van der Waals surface area contributed by atoms with Gasteiger partial charge in [0.2, 0.25) is 11.8 Å². The van der Waals surface area contributed by atoms with E-state index in [9.17, 15) is 28.0 Å². The summed E-state index contributed by atoms with van der Waals surface area (Å²) in [5.41, 5.74) is -2.07. The molecular weight excluding hydrogens is 498 g/mol. The second kappa shape index (κ2) is 9.38. The number of piperidine rings is 1. The Balaban J connectivity index is 1.68. The Morgan fingerprint density at radius 1 is 1.05 bits per heavy atom. The van der Waals surface area contributed by atoms with Gasteiger partial charge in [-0.1, -0.05) is 45.7 Å². The number of nitrogens with zero attached hydrogens (tertiary/aromatic N) is 1. The Morgan fingerprint density at radius 2 is 1.68 bits per heavy atom. The summed E-state index contributed by atoms with van der Waals surface area (Å²) >= 11 is 5.72. The molecule has 10 radical (unpaired) electrons. The van der Waals surface area contributed by atoms with Gasteiger partial charge >= 0.3 is 5.92 Å². The molecule has 4 rings (SSSR count). The summed E-state index contributed by atoms with van der Waals surface area (Å²) in [6.07, 6.45) is 0.0809. The maximum absolute atomic E-state index is 14.8. The van der Waals surface area contributed by atoms with Crippen LogP contribution >= 0.6 is 11.6 Å². The molecule has 0 saturated carbocycles. The quantitative estimate of drug-likeness (QED) is 0.354.